The first kappa shape index (κ1) is 21.1. The van der Waals surface area contributed by atoms with Crippen LogP contribution in [0.3, 0.4) is 0 Å². The summed E-state index contributed by atoms with van der Waals surface area (Å²) >= 11 is 0. The predicted molar refractivity (Wildman–Crippen MR) is 110 cm³/mol. The standard InChI is InChI=1S/C24H36O4/c1-14(2)16-9-8-15(3)12-18(16)28-22(27)20-21(26)17(25)13-19-23(4,5)10-7-11-24(19,20)6/h13-16,18,26H,7-12H2,1-6H3/t15-,16+,18-,24-/m1/s1. The number of carbonyl (C=O) groups excluding carboxylic acids is 2. The molecular weight excluding hydrogens is 352 g/mol. The molecule has 0 aliphatic heterocycles. The maximum atomic E-state index is 13.3. The number of allylic oxidation sites excluding steroid dienone is 2. The number of hydrogen-bond donors (Lipinski definition) is 1. The Kier molecular flexibility index (Phi) is 5.55. The molecule has 0 amide bonds. The lowest BCUT2D eigenvalue weighted by Gasteiger charge is -2.48. The molecule has 156 valence electrons. The lowest BCUT2D eigenvalue weighted by Crippen LogP contribution is -2.44. The minimum atomic E-state index is -0.634. The molecule has 3 rings (SSSR count). The van der Waals surface area contributed by atoms with Crippen LogP contribution in [0.15, 0.2) is 23.0 Å². The number of fused-ring (bicyclic) bond motifs is 1. The molecule has 4 nitrogen and oxygen atoms in total. The van der Waals surface area contributed by atoms with Crippen LogP contribution in [0.1, 0.15) is 80.1 Å². The van der Waals surface area contributed by atoms with Crippen molar-refractivity contribution in [2.75, 3.05) is 0 Å². The zero-order chi connectivity index (χ0) is 20.9. The number of hydrogen-bond acceptors (Lipinski definition) is 4. The average molecular weight is 389 g/mol. The van der Waals surface area contributed by atoms with E-state index in [-0.39, 0.29) is 17.1 Å². The summed E-state index contributed by atoms with van der Waals surface area (Å²) in [6.07, 6.45) is 7.14. The Bertz CT molecular complexity index is 727. The van der Waals surface area contributed by atoms with Crippen LogP contribution >= 0.6 is 0 Å². The van der Waals surface area contributed by atoms with Gasteiger partial charge in [0.05, 0.1) is 5.57 Å². The average Bonchev–Trinajstić information content (AvgIpc) is 2.56. The minimum Gasteiger partial charge on any atom is -0.504 e. The smallest absolute Gasteiger partial charge is 0.339 e. The molecule has 1 N–H and O–H groups in total. The van der Waals surface area contributed by atoms with Crippen molar-refractivity contribution in [3.63, 3.8) is 0 Å². The maximum Gasteiger partial charge on any atom is 0.339 e. The van der Waals surface area contributed by atoms with E-state index in [0.29, 0.717) is 17.8 Å². The summed E-state index contributed by atoms with van der Waals surface area (Å²) in [5, 5.41) is 10.6. The normalized spacial score (nSPS) is 35.5. The van der Waals surface area contributed by atoms with E-state index in [9.17, 15) is 14.7 Å². The highest BCUT2D eigenvalue weighted by molar-refractivity contribution is 6.11. The Labute approximate surface area is 169 Å². The molecule has 0 heterocycles. The Morgan fingerprint density at radius 1 is 1.21 bits per heavy atom. The van der Waals surface area contributed by atoms with Crippen molar-refractivity contribution in [1.82, 2.24) is 0 Å². The van der Waals surface area contributed by atoms with E-state index in [4.69, 9.17) is 4.74 Å². The molecule has 2 saturated carbocycles. The van der Waals surface area contributed by atoms with Gasteiger partial charge in [-0.2, -0.15) is 0 Å². The summed E-state index contributed by atoms with van der Waals surface area (Å²) in [7, 11) is 0. The molecule has 3 aliphatic rings. The summed E-state index contributed by atoms with van der Waals surface area (Å²) < 4.78 is 6.04. The van der Waals surface area contributed by atoms with Gasteiger partial charge < -0.3 is 9.84 Å². The van der Waals surface area contributed by atoms with E-state index in [1.165, 1.54) is 0 Å². The first-order valence-corrected chi connectivity index (χ1v) is 10.9. The molecule has 0 spiro atoms. The predicted octanol–water partition coefficient (Wildman–Crippen LogP) is 5.53. The van der Waals surface area contributed by atoms with Crippen LogP contribution in [0.25, 0.3) is 0 Å². The molecule has 4 heteroatoms. The van der Waals surface area contributed by atoms with Gasteiger partial charge in [0.2, 0.25) is 5.78 Å². The van der Waals surface area contributed by atoms with Gasteiger partial charge in [0.1, 0.15) is 6.10 Å². The molecule has 0 aromatic carbocycles. The number of carbonyl (C=O) groups is 2. The second kappa shape index (κ2) is 7.35. The topological polar surface area (TPSA) is 63.6 Å². The summed E-state index contributed by atoms with van der Waals surface area (Å²) in [6, 6.07) is 0. The molecule has 28 heavy (non-hydrogen) atoms. The third-order valence-corrected chi connectivity index (χ3v) is 7.52. The van der Waals surface area contributed by atoms with E-state index < -0.39 is 22.9 Å². The van der Waals surface area contributed by atoms with Gasteiger partial charge in [-0.1, -0.05) is 54.4 Å². The molecule has 0 bridgehead atoms. The fourth-order valence-corrected chi connectivity index (χ4v) is 5.87. The summed E-state index contributed by atoms with van der Waals surface area (Å²) in [6.45, 7) is 12.8. The van der Waals surface area contributed by atoms with Crippen molar-refractivity contribution >= 4 is 11.8 Å². The van der Waals surface area contributed by atoms with Crippen molar-refractivity contribution in [3.05, 3.63) is 23.0 Å². The summed E-state index contributed by atoms with van der Waals surface area (Å²) in [4.78, 5) is 25.9. The second-order valence-electron chi connectivity index (χ2n) is 10.5. The van der Waals surface area contributed by atoms with E-state index in [2.05, 4.69) is 34.6 Å². The van der Waals surface area contributed by atoms with Crippen LogP contribution < -0.4 is 0 Å². The van der Waals surface area contributed by atoms with Crippen LogP contribution in [0.4, 0.5) is 0 Å². The first-order valence-electron chi connectivity index (χ1n) is 10.9. The maximum absolute atomic E-state index is 13.3. The fraction of sp³-hybridized carbons (Fsp3) is 0.750. The number of ketones is 1. The van der Waals surface area contributed by atoms with E-state index in [1.807, 2.05) is 6.92 Å². The van der Waals surface area contributed by atoms with Crippen LogP contribution in [0, 0.1) is 28.6 Å². The van der Waals surface area contributed by atoms with Gasteiger partial charge in [-0.25, -0.2) is 4.79 Å². The summed E-state index contributed by atoms with van der Waals surface area (Å²) in [5.41, 5.74) is 0.334. The van der Waals surface area contributed by atoms with Crippen LogP contribution in [-0.4, -0.2) is 23.0 Å². The Hall–Kier alpha value is -1.58. The zero-order valence-electron chi connectivity index (χ0n) is 18.3. The molecule has 3 aliphatic carbocycles. The van der Waals surface area contributed by atoms with E-state index >= 15 is 0 Å². The minimum absolute atomic E-state index is 0.152. The molecule has 0 aromatic heterocycles. The monoisotopic (exact) mass is 388 g/mol. The molecule has 0 saturated heterocycles. The number of ether oxygens (including phenoxy) is 1. The van der Waals surface area contributed by atoms with Crippen molar-refractivity contribution < 1.29 is 19.4 Å². The van der Waals surface area contributed by atoms with E-state index in [0.717, 1.165) is 44.1 Å². The van der Waals surface area contributed by atoms with Gasteiger partial charge in [0.25, 0.3) is 0 Å². The number of aliphatic hydroxyl groups is 1. The highest BCUT2D eigenvalue weighted by Crippen LogP contribution is 2.56. The first-order chi connectivity index (χ1) is 13.0. The lowest BCUT2D eigenvalue weighted by molar-refractivity contribution is -0.153. The van der Waals surface area contributed by atoms with Crippen molar-refractivity contribution in [2.24, 2.45) is 28.6 Å². The third kappa shape index (κ3) is 3.55. The van der Waals surface area contributed by atoms with Gasteiger partial charge in [0.15, 0.2) is 5.76 Å². The second-order valence-corrected chi connectivity index (χ2v) is 10.5. The van der Waals surface area contributed by atoms with Crippen LogP contribution in [0.2, 0.25) is 0 Å². The Balaban J connectivity index is 1.93. The van der Waals surface area contributed by atoms with E-state index in [1.54, 1.807) is 6.08 Å². The molecule has 0 unspecified atom stereocenters. The van der Waals surface area contributed by atoms with Gasteiger partial charge in [-0.05, 0) is 60.5 Å². The number of esters is 1. The van der Waals surface area contributed by atoms with Gasteiger partial charge in [-0.3, -0.25) is 4.79 Å². The molecule has 4 atom stereocenters. The Morgan fingerprint density at radius 3 is 2.54 bits per heavy atom. The van der Waals surface area contributed by atoms with Crippen molar-refractivity contribution in [2.45, 2.75) is 86.2 Å². The Morgan fingerprint density at radius 2 is 1.89 bits per heavy atom. The van der Waals surface area contributed by atoms with Crippen LogP contribution in [-0.2, 0) is 14.3 Å². The third-order valence-electron chi connectivity index (χ3n) is 7.52. The van der Waals surface area contributed by atoms with Gasteiger partial charge in [0, 0.05) is 5.41 Å². The highest BCUT2D eigenvalue weighted by Gasteiger charge is 2.51. The summed E-state index contributed by atoms with van der Waals surface area (Å²) in [5.74, 6) is -0.108. The van der Waals surface area contributed by atoms with Crippen LogP contribution in [0.5, 0.6) is 0 Å². The largest absolute Gasteiger partial charge is 0.504 e. The molecule has 2 fully saturated rings. The molecular formula is C24H36O4. The highest BCUT2D eigenvalue weighted by atomic mass is 16.5. The SMILES string of the molecule is CC(C)[C@@H]1CC[C@@H](C)C[C@H]1OC(=O)C1=C(O)C(=O)C=C2C(C)(C)CCC[C@]21C. The van der Waals surface area contributed by atoms with Crippen molar-refractivity contribution in [1.29, 1.82) is 0 Å². The zero-order valence-corrected chi connectivity index (χ0v) is 18.3. The quantitative estimate of drug-likeness (QED) is 0.646. The fourth-order valence-electron chi connectivity index (χ4n) is 5.87. The van der Waals surface area contributed by atoms with Crippen molar-refractivity contribution in [3.8, 4) is 0 Å². The molecule has 0 radical (unpaired) electrons. The number of rotatable bonds is 3. The van der Waals surface area contributed by atoms with Gasteiger partial charge in [-0.15, -0.1) is 0 Å². The lowest BCUT2D eigenvalue weighted by atomic mass is 9.55. The number of aliphatic hydroxyl groups excluding tert-OH is 1. The van der Waals surface area contributed by atoms with Gasteiger partial charge >= 0.3 is 5.97 Å². The molecule has 0 aromatic rings.